The lowest BCUT2D eigenvalue weighted by atomic mass is 9.57. The smallest absolute Gasteiger partial charge is 0.264 e. The quantitative estimate of drug-likeness (QED) is 0.276. The minimum Gasteiger partial charge on any atom is -0.359 e. The van der Waals surface area contributed by atoms with Crippen LogP contribution in [0.25, 0.3) is 0 Å². The van der Waals surface area contributed by atoms with Crippen molar-refractivity contribution in [1.82, 2.24) is 0 Å². The molecule has 2 rings (SSSR count). The van der Waals surface area contributed by atoms with Crippen LogP contribution in [0.4, 0.5) is 0 Å². The van der Waals surface area contributed by atoms with Gasteiger partial charge < -0.3 is 23.7 Å². The summed E-state index contributed by atoms with van der Waals surface area (Å²) in [5, 5.41) is 0. The fourth-order valence-corrected chi connectivity index (χ4v) is 5.72. The largest absolute Gasteiger partial charge is 0.359 e. The van der Waals surface area contributed by atoms with Crippen molar-refractivity contribution in [3.05, 3.63) is 0 Å². The Balaban J connectivity index is 2.17. The molecular weight excluding hydrogens is 400 g/mol. The van der Waals surface area contributed by atoms with E-state index in [0.717, 1.165) is 31.8 Å². The van der Waals surface area contributed by atoms with E-state index in [4.69, 9.17) is 23.1 Å². The fraction of sp³-hybridized carbons (Fsp3) is 0.950. The van der Waals surface area contributed by atoms with Crippen molar-refractivity contribution in [3.63, 3.8) is 0 Å². The van der Waals surface area contributed by atoms with Crippen molar-refractivity contribution < 1.29 is 36.3 Å². The van der Waals surface area contributed by atoms with Crippen LogP contribution >= 0.6 is 0 Å². The van der Waals surface area contributed by atoms with Crippen LogP contribution in [0.1, 0.15) is 39.5 Å². The van der Waals surface area contributed by atoms with Gasteiger partial charge in [0.1, 0.15) is 19.9 Å². The number of carbonyl (C=O) groups is 1. The minimum atomic E-state index is -3.46. The molecule has 8 nitrogen and oxygen atoms in total. The Kier molecular flexibility index (Phi) is 9.05. The Bertz CT molecular complexity index is 624. The first kappa shape index (κ1) is 24.7. The molecule has 0 N–H and O–H groups in total. The lowest BCUT2D eigenvalue weighted by Gasteiger charge is -2.51. The van der Waals surface area contributed by atoms with Gasteiger partial charge in [-0.05, 0) is 48.9 Å². The zero-order valence-corrected chi connectivity index (χ0v) is 19.0. The van der Waals surface area contributed by atoms with Gasteiger partial charge in [0.05, 0.1) is 25.1 Å². The lowest BCUT2D eigenvalue weighted by Crippen LogP contribution is -2.54. The van der Waals surface area contributed by atoms with Gasteiger partial charge in [0.15, 0.2) is 0 Å². The molecule has 0 bridgehead atoms. The maximum atomic E-state index is 12.1. The van der Waals surface area contributed by atoms with Crippen LogP contribution in [0.15, 0.2) is 0 Å². The van der Waals surface area contributed by atoms with Crippen LogP contribution in [-0.4, -0.2) is 67.6 Å². The second kappa shape index (κ2) is 10.6. The van der Waals surface area contributed by atoms with Gasteiger partial charge in [0, 0.05) is 20.1 Å². The number of aldehydes is 1. The number of rotatable bonds is 11. The summed E-state index contributed by atoms with van der Waals surface area (Å²) in [6.07, 6.45) is 4.93. The third kappa shape index (κ3) is 5.98. The molecule has 170 valence electrons. The number of carbonyl (C=O) groups excluding carboxylic acids is 1. The SMILES string of the molecule is COCO[C@@H]1[C@@H](C)[C@@]2(CC[C@@H](C(C)COS(C)(=O)=O)C2)[C@@H](C=O)C[C@H]1OCOC. The molecule has 2 aliphatic carbocycles. The summed E-state index contributed by atoms with van der Waals surface area (Å²) < 4.78 is 49.7. The normalized spacial score (nSPS) is 36.4. The number of ether oxygens (including phenoxy) is 4. The van der Waals surface area contributed by atoms with Gasteiger partial charge in [0.2, 0.25) is 0 Å². The Labute approximate surface area is 174 Å². The van der Waals surface area contributed by atoms with Crippen molar-refractivity contribution in [2.24, 2.45) is 29.1 Å². The zero-order valence-electron chi connectivity index (χ0n) is 18.2. The predicted molar refractivity (Wildman–Crippen MR) is 107 cm³/mol. The van der Waals surface area contributed by atoms with E-state index in [-0.39, 0.29) is 55.6 Å². The average Bonchev–Trinajstić information content (AvgIpc) is 3.12. The van der Waals surface area contributed by atoms with E-state index in [9.17, 15) is 13.2 Å². The Morgan fingerprint density at radius 1 is 1.17 bits per heavy atom. The highest BCUT2D eigenvalue weighted by molar-refractivity contribution is 7.85. The van der Waals surface area contributed by atoms with Crippen molar-refractivity contribution in [2.45, 2.75) is 51.7 Å². The van der Waals surface area contributed by atoms with E-state index in [0.29, 0.717) is 12.3 Å². The standard InChI is InChI=1S/C20H36O8S/c1-14(11-28-29(5,22)23)16-6-7-20(9-16)15(2)19(27-13-25-4)18(26-12-24-3)8-17(20)10-21/h10,14-19H,6-9,11-13H2,1-5H3/t14?,15-,16-,17-,18-,19-,20+/m1/s1. The van der Waals surface area contributed by atoms with Crippen LogP contribution < -0.4 is 0 Å². The minimum absolute atomic E-state index is 0.0801. The Morgan fingerprint density at radius 2 is 1.83 bits per heavy atom. The summed E-state index contributed by atoms with van der Waals surface area (Å²) in [5.74, 6) is 0.317. The topological polar surface area (TPSA) is 97.4 Å². The van der Waals surface area contributed by atoms with Crippen LogP contribution in [0.3, 0.4) is 0 Å². The molecule has 29 heavy (non-hydrogen) atoms. The summed E-state index contributed by atoms with van der Waals surface area (Å²) in [6.45, 7) is 4.61. The molecule has 9 heteroatoms. The van der Waals surface area contributed by atoms with E-state index in [2.05, 4.69) is 6.92 Å². The van der Waals surface area contributed by atoms with E-state index in [1.807, 2.05) is 6.92 Å². The summed E-state index contributed by atoms with van der Waals surface area (Å²) >= 11 is 0. The summed E-state index contributed by atoms with van der Waals surface area (Å²) in [6, 6.07) is 0. The molecule has 2 fully saturated rings. The Hall–Kier alpha value is -0.580. The second-order valence-corrected chi connectivity index (χ2v) is 10.3. The van der Waals surface area contributed by atoms with Crippen LogP contribution in [-0.2, 0) is 38.0 Å². The molecule has 0 aromatic carbocycles. The van der Waals surface area contributed by atoms with Crippen LogP contribution in [0.2, 0.25) is 0 Å². The van der Waals surface area contributed by atoms with Gasteiger partial charge in [-0.25, -0.2) is 0 Å². The maximum Gasteiger partial charge on any atom is 0.264 e. The highest BCUT2D eigenvalue weighted by Crippen LogP contribution is 2.58. The maximum absolute atomic E-state index is 12.1. The predicted octanol–water partition coefficient (Wildman–Crippen LogP) is 2.22. The molecule has 2 saturated carbocycles. The molecule has 0 saturated heterocycles. The molecule has 0 heterocycles. The van der Waals surface area contributed by atoms with Gasteiger partial charge in [-0.15, -0.1) is 0 Å². The van der Waals surface area contributed by atoms with Gasteiger partial charge in [-0.3, -0.25) is 4.18 Å². The molecule has 0 amide bonds. The molecular formula is C20H36O8S. The highest BCUT2D eigenvalue weighted by atomic mass is 32.2. The van der Waals surface area contributed by atoms with Crippen molar-refractivity contribution >= 4 is 16.4 Å². The first-order valence-corrected chi connectivity index (χ1v) is 12.0. The monoisotopic (exact) mass is 436 g/mol. The van der Waals surface area contributed by atoms with Crippen molar-refractivity contribution in [2.75, 3.05) is 40.7 Å². The molecule has 1 unspecified atom stereocenters. The van der Waals surface area contributed by atoms with Crippen molar-refractivity contribution in [3.8, 4) is 0 Å². The van der Waals surface area contributed by atoms with Gasteiger partial charge in [-0.1, -0.05) is 13.8 Å². The summed E-state index contributed by atoms with van der Waals surface area (Å²) in [7, 11) is -0.314. The fourth-order valence-electron chi connectivity index (χ4n) is 5.26. The van der Waals surface area contributed by atoms with Crippen molar-refractivity contribution in [1.29, 1.82) is 0 Å². The number of methoxy groups -OCH3 is 2. The van der Waals surface area contributed by atoms with Gasteiger partial charge >= 0.3 is 0 Å². The molecule has 7 atom stereocenters. The lowest BCUT2D eigenvalue weighted by molar-refractivity contribution is -0.215. The highest BCUT2D eigenvalue weighted by Gasteiger charge is 2.57. The molecule has 0 aromatic heterocycles. The average molecular weight is 437 g/mol. The third-order valence-corrected chi connectivity index (χ3v) is 7.47. The number of hydrogen-bond donors (Lipinski definition) is 0. The molecule has 0 aromatic rings. The van der Waals surface area contributed by atoms with E-state index < -0.39 is 10.1 Å². The number of hydrogen-bond acceptors (Lipinski definition) is 8. The first-order chi connectivity index (χ1) is 13.7. The third-order valence-electron chi connectivity index (χ3n) is 6.91. The Morgan fingerprint density at radius 3 is 2.41 bits per heavy atom. The van der Waals surface area contributed by atoms with E-state index >= 15 is 0 Å². The molecule has 0 radical (unpaired) electrons. The van der Waals surface area contributed by atoms with Crippen LogP contribution in [0, 0.1) is 29.1 Å². The van der Waals surface area contributed by atoms with Crippen LogP contribution in [0.5, 0.6) is 0 Å². The summed E-state index contributed by atoms with van der Waals surface area (Å²) in [5.41, 5.74) is -0.197. The zero-order chi connectivity index (χ0) is 21.7. The van der Waals surface area contributed by atoms with E-state index in [1.54, 1.807) is 14.2 Å². The molecule has 0 aliphatic heterocycles. The van der Waals surface area contributed by atoms with Gasteiger partial charge in [0.25, 0.3) is 10.1 Å². The molecule has 1 spiro atoms. The first-order valence-electron chi connectivity index (χ1n) is 10.2. The van der Waals surface area contributed by atoms with Gasteiger partial charge in [-0.2, -0.15) is 8.42 Å². The van der Waals surface area contributed by atoms with E-state index in [1.165, 1.54) is 0 Å². The molecule has 2 aliphatic rings. The second-order valence-electron chi connectivity index (χ2n) is 8.62. The summed E-state index contributed by atoms with van der Waals surface area (Å²) in [4.78, 5) is 12.1.